The third kappa shape index (κ3) is 1.90. The fraction of sp³-hybridized carbons (Fsp3) is 0.750. The zero-order valence-electron chi connectivity index (χ0n) is 4.85. The summed E-state index contributed by atoms with van der Waals surface area (Å²) >= 11 is 0. The zero-order valence-corrected chi connectivity index (χ0v) is 4.85. The van der Waals surface area contributed by atoms with E-state index in [0.717, 1.165) is 0 Å². The summed E-state index contributed by atoms with van der Waals surface area (Å²) in [4.78, 5) is 10.4. The third-order valence-corrected chi connectivity index (χ3v) is 0.837. The van der Waals surface area contributed by atoms with Crippen LogP contribution in [0.5, 0.6) is 0 Å². The molecule has 4 nitrogen and oxygen atoms in total. The first-order valence-electron chi connectivity index (χ1n) is 2.39. The number of hydrogen-bond donors (Lipinski definition) is 3. The van der Waals surface area contributed by atoms with Gasteiger partial charge in [-0.3, -0.25) is 4.79 Å². The van der Waals surface area contributed by atoms with Gasteiger partial charge in [0, 0.05) is 13.6 Å². The molecular weight excluding hydrogens is 106 g/mol. The van der Waals surface area contributed by atoms with Crippen molar-refractivity contribution in [1.82, 2.24) is 5.32 Å². The summed E-state index contributed by atoms with van der Waals surface area (Å²) in [6, 6.07) is -0.556. The lowest BCUT2D eigenvalue weighted by Crippen LogP contribution is -2.43. The van der Waals surface area contributed by atoms with Crippen molar-refractivity contribution in [3.05, 3.63) is 0 Å². The van der Waals surface area contributed by atoms with Crippen LogP contribution in [-0.2, 0) is 4.79 Å². The summed E-state index contributed by atoms with van der Waals surface area (Å²) in [7, 11) is 1.53. The number of nitrogens with two attached hydrogens (primary N) is 2. The highest BCUT2D eigenvalue weighted by Crippen LogP contribution is 1.69. The molecule has 1 atom stereocenters. The minimum absolute atomic E-state index is 0.194. The largest absolute Gasteiger partial charge is 0.358 e. The van der Waals surface area contributed by atoms with Crippen molar-refractivity contribution in [2.45, 2.75) is 6.04 Å². The van der Waals surface area contributed by atoms with Gasteiger partial charge in [0.05, 0.1) is 6.04 Å². The molecule has 5 N–H and O–H groups in total. The van der Waals surface area contributed by atoms with E-state index in [-0.39, 0.29) is 12.5 Å². The van der Waals surface area contributed by atoms with Crippen molar-refractivity contribution in [3.8, 4) is 0 Å². The number of hydrogen-bond acceptors (Lipinski definition) is 3. The van der Waals surface area contributed by atoms with Crippen LogP contribution in [0.3, 0.4) is 0 Å². The normalized spacial score (nSPS) is 12.9. The monoisotopic (exact) mass is 117 g/mol. The number of carbonyl (C=O) groups is 1. The zero-order chi connectivity index (χ0) is 6.57. The Morgan fingerprint density at radius 1 is 1.88 bits per heavy atom. The van der Waals surface area contributed by atoms with E-state index in [1.54, 1.807) is 0 Å². The highest BCUT2D eigenvalue weighted by atomic mass is 16.2. The standard InChI is InChI=1S/C4H11N3O/c1-7-4(8)3(6)2-5/h3H,2,5-6H2,1H3,(H,7,8). The van der Waals surface area contributed by atoms with Gasteiger partial charge in [-0.15, -0.1) is 0 Å². The Morgan fingerprint density at radius 2 is 2.38 bits per heavy atom. The Morgan fingerprint density at radius 3 is 2.50 bits per heavy atom. The Balaban J connectivity index is 3.46. The van der Waals surface area contributed by atoms with E-state index in [1.807, 2.05) is 0 Å². The molecule has 0 fully saturated rings. The molecule has 0 spiro atoms. The Bertz CT molecular complexity index is 83.4. The summed E-state index contributed by atoms with van der Waals surface area (Å²) in [6.07, 6.45) is 0. The van der Waals surface area contributed by atoms with Gasteiger partial charge >= 0.3 is 0 Å². The van der Waals surface area contributed by atoms with Gasteiger partial charge in [-0.2, -0.15) is 0 Å². The average Bonchev–Trinajstić information content (AvgIpc) is 1.84. The van der Waals surface area contributed by atoms with Gasteiger partial charge in [-0.05, 0) is 0 Å². The number of likely N-dealkylation sites (N-methyl/N-ethyl adjacent to an activating group) is 1. The average molecular weight is 117 g/mol. The van der Waals surface area contributed by atoms with Crippen molar-refractivity contribution in [1.29, 1.82) is 0 Å². The summed E-state index contributed by atoms with van der Waals surface area (Å²) in [5.41, 5.74) is 10.3. The molecule has 48 valence electrons. The van der Waals surface area contributed by atoms with E-state index in [4.69, 9.17) is 11.5 Å². The van der Waals surface area contributed by atoms with Crippen LogP contribution in [0.2, 0.25) is 0 Å². The lowest BCUT2D eigenvalue weighted by atomic mass is 10.3. The Labute approximate surface area is 48.2 Å². The molecule has 0 rings (SSSR count). The summed E-state index contributed by atoms with van der Waals surface area (Å²) < 4.78 is 0. The van der Waals surface area contributed by atoms with Crippen LogP contribution in [0.4, 0.5) is 0 Å². The first-order chi connectivity index (χ1) is 3.72. The van der Waals surface area contributed by atoms with Gasteiger partial charge in [-0.1, -0.05) is 0 Å². The number of carbonyl (C=O) groups excluding carboxylic acids is 1. The Kier molecular flexibility index (Phi) is 3.14. The quantitative estimate of drug-likeness (QED) is 0.392. The minimum atomic E-state index is -0.556. The molecule has 0 aliphatic rings. The molecule has 0 aliphatic carbocycles. The molecule has 0 heterocycles. The van der Waals surface area contributed by atoms with Gasteiger partial charge in [0.15, 0.2) is 0 Å². The maximum Gasteiger partial charge on any atom is 0.237 e. The Hall–Kier alpha value is -0.610. The van der Waals surface area contributed by atoms with Crippen LogP contribution >= 0.6 is 0 Å². The number of amides is 1. The SMILES string of the molecule is CNC(=O)C(N)CN. The number of rotatable bonds is 2. The van der Waals surface area contributed by atoms with Gasteiger partial charge in [-0.25, -0.2) is 0 Å². The summed E-state index contributed by atoms with van der Waals surface area (Å²) in [5, 5.41) is 2.37. The fourth-order valence-corrected chi connectivity index (χ4v) is 0.292. The maximum absolute atomic E-state index is 10.4. The predicted molar refractivity (Wildman–Crippen MR) is 31.1 cm³/mol. The van der Waals surface area contributed by atoms with E-state index in [0.29, 0.717) is 0 Å². The third-order valence-electron chi connectivity index (χ3n) is 0.837. The molecule has 0 saturated carbocycles. The van der Waals surface area contributed by atoms with E-state index in [1.165, 1.54) is 7.05 Å². The smallest absolute Gasteiger partial charge is 0.237 e. The van der Waals surface area contributed by atoms with E-state index >= 15 is 0 Å². The lowest BCUT2D eigenvalue weighted by molar-refractivity contribution is -0.121. The molecule has 8 heavy (non-hydrogen) atoms. The van der Waals surface area contributed by atoms with Gasteiger partial charge in [0.25, 0.3) is 0 Å². The molecule has 1 amide bonds. The van der Waals surface area contributed by atoms with Crippen LogP contribution in [0.1, 0.15) is 0 Å². The predicted octanol–water partition coefficient (Wildman–Crippen LogP) is -1.98. The van der Waals surface area contributed by atoms with E-state index in [2.05, 4.69) is 5.32 Å². The summed E-state index contributed by atoms with van der Waals surface area (Å²) in [5.74, 6) is -0.215. The molecule has 0 aromatic heterocycles. The molecule has 0 aliphatic heterocycles. The topological polar surface area (TPSA) is 81.1 Å². The molecule has 0 aromatic carbocycles. The van der Waals surface area contributed by atoms with Crippen molar-refractivity contribution in [2.24, 2.45) is 11.5 Å². The van der Waals surface area contributed by atoms with Crippen LogP contribution in [0.15, 0.2) is 0 Å². The molecule has 4 heteroatoms. The highest BCUT2D eigenvalue weighted by Gasteiger charge is 2.06. The van der Waals surface area contributed by atoms with Crippen molar-refractivity contribution >= 4 is 5.91 Å². The second-order valence-electron chi connectivity index (χ2n) is 1.46. The lowest BCUT2D eigenvalue weighted by Gasteiger charge is -2.04. The molecule has 0 aromatic rings. The second-order valence-corrected chi connectivity index (χ2v) is 1.46. The van der Waals surface area contributed by atoms with Crippen LogP contribution < -0.4 is 16.8 Å². The first kappa shape index (κ1) is 7.39. The molecule has 0 saturated heterocycles. The van der Waals surface area contributed by atoms with Crippen molar-refractivity contribution < 1.29 is 4.79 Å². The fourth-order valence-electron chi connectivity index (χ4n) is 0.292. The van der Waals surface area contributed by atoms with Crippen LogP contribution in [0, 0.1) is 0 Å². The van der Waals surface area contributed by atoms with Crippen molar-refractivity contribution in [3.63, 3.8) is 0 Å². The first-order valence-corrected chi connectivity index (χ1v) is 2.39. The molecule has 1 unspecified atom stereocenters. The molecular formula is C4H11N3O. The number of nitrogens with one attached hydrogen (secondary N) is 1. The van der Waals surface area contributed by atoms with E-state index in [9.17, 15) is 4.79 Å². The van der Waals surface area contributed by atoms with Gasteiger partial charge in [0.1, 0.15) is 0 Å². The van der Waals surface area contributed by atoms with Gasteiger partial charge < -0.3 is 16.8 Å². The summed E-state index contributed by atoms with van der Waals surface area (Å²) in [6.45, 7) is 0.194. The van der Waals surface area contributed by atoms with Crippen LogP contribution in [0.25, 0.3) is 0 Å². The maximum atomic E-state index is 10.4. The van der Waals surface area contributed by atoms with Crippen LogP contribution in [-0.4, -0.2) is 25.5 Å². The highest BCUT2D eigenvalue weighted by molar-refractivity contribution is 5.81. The van der Waals surface area contributed by atoms with E-state index < -0.39 is 6.04 Å². The van der Waals surface area contributed by atoms with Gasteiger partial charge in [0.2, 0.25) is 5.91 Å². The van der Waals surface area contributed by atoms with Crippen molar-refractivity contribution in [2.75, 3.05) is 13.6 Å². The molecule has 0 bridgehead atoms. The second kappa shape index (κ2) is 3.40. The molecule has 0 radical (unpaired) electrons. The minimum Gasteiger partial charge on any atom is -0.358 e.